The molecule has 1 unspecified atom stereocenters. The number of nitrogens with zero attached hydrogens (tertiary/aromatic N) is 1. The summed E-state index contributed by atoms with van der Waals surface area (Å²) in [6.45, 7) is 8.50. The van der Waals surface area contributed by atoms with Gasteiger partial charge in [0.2, 0.25) is 5.91 Å². The van der Waals surface area contributed by atoms with Crippen LogP contribution in [-0.2, 0) is 4.79 Å². The first kappa shape index (κ1) is 16.7. The molecule has 0 spiro atoms. The number of amides is 1. The zero-order valence-corrected chi connectivity index (χ0v) is 12.0. The Labute approximate surface area is 111 Å². The molecule has 0 aromatic carbocycles. The van der Waals surface area contributed by atoms with Crippen LogP contribution in [0.15, 0.2) is 0 Å². The molecule has 1 atom stereocenters. The number of nitrogens with two attached hydrogens (primary N) is 1. The van der Waals surface area contributed by atoms with E-state index in [0.29, 0.717) is 6.54 Å². The van der Waals surface area contributed by atoms with E-state index < -0.39 is 0 Å². The third kappa shape index (κ3) is 6.24. The van der Waals surface area contributed by atoms with Crippen LogP contribution in [0.4, 0.5) is 0 Å². The van der Waals surface area contributed by atoms with Crippen LogP contribution in [0.1, 0.15) is 40.0 Å². The average Bonchev–Trinajstić information content (AvgIpc) is 2.16. The van der Waals surface area contributed by atoms with Gasteiger partial charge in [0.1, 0.15) is 0 Å². The van der Waals surface area contributed by atoms with Crippen LogP contribution in [0.5, 0.6) is 0 Å². The second-order valence-corrected chi connectivity index (χ2v) is 5.42. The SMILES string of the molecule is CCC(C)(C)NC(=O)CN1CCCC(N)C1.Cl. The maximum Gasteiger partial charge on any atom is 0.234 e. The topological polar surface area (TPSA) is 58.4 Å². The van der Waals surface area contributed by atoms with Crippen molar-refractivity contribution in [3.63, 3.8) is 0 Å². The molecule has 5 heteroatoms. The van der Waals surface area contributed by atoms with Crippen molar-refractivity contribution in [2.45, 2.75) is 51.6 Å². The van der Waals surface area contributed by atoms with E-state index in [2.05, 4.69) is 17.1 Å². The average molecular weight is 264 g/mol. The Bertz CT molecular complexity index is 246. The first-order valence-electron chi connectivity index (χ1n) is 6.22. The summed E-state index contributed by atoms with van der Waals surface area (Å²) in [4.78, 5) is 13.9. The van der Waals surface area contributed by atoms with Gasteiger partial charge in [0.05, 0.1) is 6.54 Å². The maximum atomic E-state index is 11.8. The smallest absolute Gasteiger partial charge is 0.234 e. The quantitative estimate of drug-likeness (QED) is 0.800. The maximum absolute atomic E-state index is 11.8. The van der Waals surface area contributed by atoms with Gasteiger partial charge in [-0.3, -0.25) is 9.69 Å². The van der Waals surface area contributed by atoms with Crippen LogP contribution < -0.4 is 11.1 Å². The summed E-state index contributed by atoms with van der Waals surface area (Å²) in [5.41, 5.74) is 5.78. The minimum Gasteiger partial charge on any atom is -0.350 e. The summed E-state index contributed by atoms with van der Waals surface area (Å²) in [6, 6.07) is 0.237. The molecule has 0 saturated carbocycles. The standard InChI is InChI=1S/C12H25N3O.ClH/c1-4-12(2,3)14-11(16)9-15-7-5-6-10(13)8-15;/h10H,4-9,13H2,1-3H3,(H,14,16);1H. The number of nitrogens with one attached hydrogen (secondary N) is 1. The predicted octanol–water partition coefficient (Wildman–Crippen LogP) is 1.14. The molecule has 1 rings (SSSR count). The lowest BCUT2D eigenvalue weighted by Crippen LogP contribution is -2.50. The largest absolute Gasteiger partial charge is 0.350 e. The fraction of sp³-hybridized carbons (Fsp3) is 0.917. The Morgan fingerprint density at radius 3 is 2.71 bits per heavy atom. The van der Waals surface area contributed by atoms with Gasteiger partial charge in [-0.15, -0.1) is 12.4 Å². The second-order valence-electron chi connectivity index (χ2n) is 5.42. The van der Waals surface area contributed by atoms with Crippen LogP contribution in [0, 0.1) is 0 Å². The molecule has 1 amide bonds. The summed E-state index contributed by atoms with van der Waals surface area (Å²) >= 11 is 0. The van der Waals surface area contributed by atoms with E-state index in [9.17, 15) is 4.79 Å². The second kappa shape index (κ2) is 7.19. The normalized spacial score (nSPS) is 21.8. The third-order valence-corrected chi connectivity index (χ3v) is 3.27. The summed E-state index contributed by atoms with van der Waals surface area (Å²) in [7, 11) is 0. The van der Waals surface area contributed by atoms with Gasteiger partial charge in [-0.2, -0.15) is 0 Å². The Balaban J connectivity index is 0.00000256. The molecule has 1 heterocycles. The van der Waals surface area contributed by atoms with Crippen molar-refractivity contribution in [3.8, 4) is 0 Å². The number of halogens is 1. The number of hydrogen-bond donors (Lipinski definition) is 2. The number of piperidine rings is 1. The molecule has 0 aromatic rings. The van der Waals surface area contributed by atoms with Gasteiger partial charge in [-0.25, -0.2) is 0 Å². The molecule has 102 valence electrons. The molecule has 1 fully saturated rings. The molecule has 3 N–H and O–H groups in total. The lowest BCUT2D eigenvalue weighted by molar-refractivity contribution is -0.124. The van der Waals surface area contributed by atoms with Crippen LogP contribution in [0.25, 0.3) is 0 Å². The minimum absolute atomic E-state index is 0. The molecular formula is C12H26ClN3O. The van der Waals surface area contributed by atoms with Gasteiger partial charge in [0.25, 0.3) is 0 Å². The van der Waals surface area contributed by atoms with E-state index in [0.717, 1.165) is 32.4 Å². The Morgan fingerprint density at radius 2 is 2.18 bits per heavy atom. The molecule has 1 aliphatic heterocycles. The Kier molecular flexibility index (Phi) is 7.05. The van der Waals surface area contributed by atoms with Crippen molar-refractivity contribution in [2.75, 3.05) is 19.6 Å². The molecule has 0 radical (unpaired) electrons. The Hall–Kier alpha value is -0.320. The van der Waals surface area contributed by atoms with Crippen LogP contribution >= 0.6 is 12.4 Å². The summed E-state index contributed by atoms with van der Waals surface area (Å²) in [6.07, 6.45) is 3.13. The molecule has 0 bridgehead atoms. The first-order valence-corrected chi connectivity index (χ1v) is 6.22. The van der Waals surface area contributed by atoms with Crippen LogP contribution in [0.2, 0.25) is 0 Å². The number of hydrogen-bond acceptors (Lipinski definition) is 3. The lowest BCUT2D eigenvalue weighted by Gasteiger charge is -2.32. The fourth-order valence-electron chi connectivity index (χ4n) is 1.94. The van der Waals surface area contributed by atoms with Gasteiger partial charge in [0, 0.05) is 18.1 Å². The zero-order valence-electron chi connectivity index (χ0n) is 11.2. The summed E-state index contributed by atoms with van der Waals surface area (Å²) in [5.74, 6) is 0.112. The van der Waals surface area contributed by atoms with Crippen molar-refractivity contribution in [1.82, 2.24) is 10.2 Å². The molecule has 1 aliphatic rings. The Morgan fingerprint density at radius 1 is 1.53 bits per heavy atom. The molecule has 17 heavy (non-hydrogen) atoms. The van der Waals surface area contributed by atoms with Crippen molar-refractivity contribution in [1.29, 1.82) is 0 Å². The number of carbonyl (C=O) groups excluding carboxylic acids is 1. The van der Waals surface area contributed by atoms with Crippen LogP contribution in [0.3, 0.4) is 0 Å². The highest BCUT2D eigenvalue weighted by atomic mass is 35.5. The zero-order chi connectivity index (χ0) is 12.2. The van der Waals surface area contributed by atoms with E-state index >= 15 is 0 Å². The monoisotopic (exact) mass is 263 g/mol. The van der Waals surface area contributed by atoms with E-state index in [4.69, 9.17) is 5.73 Å². The highest BCUT2D eigenvalue weighted by molar-refractivity contribution is 5.85. The molecule has 1 saturated heterocycles. The van der Waals surface area contributed by atoms with Crippen molar-refractivity contribution in [2.24, 2.45) is 5.73 Å². The third-order valence-electron chi connectivity index (χ3n) is 3.27. The fourth-order valence-corrected chi connectivity index (χ4v) is 1.94. The van der Waals surface area contributed by atoms with Gasteiger partial charge in [0.15, 0.2) is 0 Å². The van der Waals surface area contributed by atoms with Gasteiger partial charge < -0.3 is 11.1 Å². The molecule has 0 aliphatic carbocycles. The minimum atomic E-state index is -0.102. The van der Waals surface area contributed by atoms with Crippen LogP contribution in [-0.4, -0.2) is 42.0 Å². The summed E-state index contributed by atoms with van der Waals surface area (Å²) < 4.78 is 0. The van der Waals surface area contributed by atoms with E-state index in [1.165, 1.54) is 0 Å². The lowest BCUT2D eigenvalue weighted by atomic mass is 10.0. The van der Waals surface area contributed by atoms with Crippen molar-refractivity contribution >= 4 is 18.3 Å². The van der Waals surface area contributed by atoms with E-state index in [1.807, 2.05) is 13.8 Å². The number of likely N-dealkylation sites (tertiary alicyclic amines) is 1. The van der Waals surface area contributed by atoms with Gasteiger partial charge in [-0.05, 0) is 39.7 Å². The number of carbonyl (C=O) groups is 1. The summed E-state index contributed by atoms with van der Waals surface area (Å²) in [5, 5.41) is 3.05. The highest BCUT2D eigenvalue weighted by Crippen LogP contribution is 2.09. The van der Waals surface area contributed by atoms with E-state index in [1.54, 1.807) is 0 Å². The van der Waals surface area contributed by atoms with Crippen molar-refractivity contribution < 1.29 is 4.79 Å². The van der Waals surface area contributed by atoms with Crippen molar-refractivity contribution in [3.05, 3.63) is 0 Å². The van der Waals surface area contributed by atoms with Gasteiger partial charge >= 0.3 is 0 Å². The van der Waals surface area contributed by atoms with E-state index in [-0.39, 0.29) is 29.9 Å². The molecular weight excluding hydrogens is 238 g/mol. The van der Waals surface area contributed by atoms with Gasteiger partial charge in [-0.1, -0.05) is 6.92 Å². The number of rotatable bonds is 4. The predicted molar refractivity (Wildman–Crippen MR) is 73.4 cm³/mol. The highest BCUT2D eigenvalue weighted by Gasteiger charge is 2.22. The molecule has 4 nitrogen and oxygen atoms in total. The first-order chi connectivity index (χ1) is 7.43. The molecule has 0 aromatic heterocycles.